The van der Waals surface area contributed by atoms with Gasteiger partial charge in [-0.15, -0.1) is 0 Å². The highest BCUT2D eigenvalue weighted by molar-refractivity contribution is 6.32. The maximum absolute atomic E-state index is 12.7. The summed E-state index contributed by atoms with van der Waals surface area (Å²) in [6, 6.07) is 12.5. The SMILES string of the molecule is O=C1NC(CCc2ccccc2)C(=O)N1Cc1cc(Cl)c2c(c1)OCCO2. The highest BCUT2D eigenvalue weighted by atomic mass is 35.5. The molecule has 0 aromatic heterocycles. The fourth-order valence-electron chi connectivity index (χ4n) is 3.32. The summed E-state index contributed by atoms with van der Waals surface area (Å²) in [4.78, 5) is 26.2. The number of aryl methyl sites for hydroxylation is 1. The molecule has 7 heteroatoms. The number of amides is 3. The lowest BCUT2D eigenvalue weighted by molar-refractivity contribution is -0.128. The van der Waals surface area contributed by atoms with Crippen molar-refractivity contribution in [2.24, 2.45) is 0 Å². The molecule has 0 radical (unpaired) electrons. The standard InChI is InChI=1S/C20H19ClN2O4/c21-15-10-14(11-17-18(15)27-9-8-26-17)12-23-19(24)16(22-20(23)25)7-6-13-4-2-1-3-5-13/h1-5,10-11,16H,6-9,12H2,(H,22,25). The van der Waals surface area contributed by atoms with Crippen LogP contribution in [0.25, 0.3) is 0 Å². The molecule has 0 bridgehead atoms. The molecule has 2 aliphatic heterocycles. The van der Waals surface area contributed by atoms with Gasteiger partial charge in [-0.25, -0.2) is 4.79 Å². The molecule has 2 aromatic carbocycles. The summed E-state index contributed by atoms with van der Waals surface area (Å²) in [6.45, 7) is 1.03. The quantitative estimate of drug-likeness (QED) is 0.801. The molecule has 0 saturated carbocycles. The van der Waals surface area contributed by atoms with Gasteiger partial charge in [-0.1, -0.05) is 41.9 Å². The van der Waals surface area contributed by atoms with E-state index in [9.17, 15) is 9.59 Å². The third-order valence-electron chi connectivity index (χ3n) is 4.67. The highest BCUT2D eigenvalue weighted by Gasteiger charge is 2.37. The van der Waals surface area contributed by atoms with Gasteiger partial charge in [0.15, 0.2) is 11.5 Å². The summed E-state index contributed by atoms with van der Waals surface area (Å²) in [5, 5.41) is 3.18. The van der Waals surface area contributed by atoms with E-state index < -0.39 is 6.04 Å². The molecule has 1 atom stereocenters. The van der Waals surface area contributed by atoms with E-state index >= 15 is 0 Å². The Labute approximate surface area is 162 Å². The number of halogens is 1. The van der Waals surface area contributed by atoms with Crippen LogP contribution in [0.2, 0.25) is 5.02 Å². The van der Waals surface area contributed by atoms with Crippen LogP contribution in [0.5, 0.6) is 11.5 Å². The lowest BCUT2D eigenvalue weighted by Crippen LogP contribution is -2.31. The van der Waals surface area contributed by atoms with E-state index in [1.165, 1.54) is 4.90 Å². The third-order valence-corrected chi connectivity index (χ3v) is 4.95. The predicted molar refractivity (Wildman–Crippen MR) is 100 cm³/mol. The summed E-state index contributed by atoms with van der Waals surface area (Å²) in [5.41, 5.74) is 1.85. The first kappa shape index (κ1) is 17.7. The lowest BCUT2D eigenvalue weighted by atomic mass is 10.1. The Balaban J connectivity index is 1.44. The summed E-state index contributed by atoms with van der Waals surface area (Å²) >= 11 is 6.24. The van der Waals surface area contributed by atoms with E-state index in [-0.39, 0.29) is 18.5 Å². The number of carbonyl (C=O) groups excluding carboxylic acids is 2. The van der Waals surface area contributed by atoms with Gasteiger partial charge >= 0.3 is 6.03 Å². The zero-order chi connectivity index (χ0) is 18.8. The minimum absolute atomic E-state index is 0.142. The summed E-state index contributed by atoms with van der Waals surface area (Å²) in [6.07, 6.45) is 1.29. The number of ether oxygens (including phenoxy) is 2. The zero-order valence-electron chi connectivity index (χ0n) is 14.6. The van der Waals surface area contributed by atoms with Crippen LogP contribution in [0.1, 0.15) is 17.5 Å². The first-order valence-corrected chi connectivity index (χ1v) is 9.23. The Morgan fingerprint density at radius 1 is 1.07 bits per heavy atom. The Morgan fingerprint density at radius 3 is 2.67 bits per heavy atom. The molecular weight excluding hydrogens is 368 g/mol. The molecule has 3 amide bonds. The minimum atomic E-state index is -0.509. The fourth-order valence-corrected chi connectivity index (χ4v) is 3.60. The number of imide groups is 1. The number of hydrogen-bond donors (Lipinski definition) is 1. The average molecular weight is 387 g/mol. The molecule has 2 aliphatic rings. The van der Waals surface area contributed by atoms with Gasteiger partial charge in [0.05, 0.1) is 11.6 Å². The highest BCUT2D eigenvalue weighted by Crippen LogP contribution is 2.38. The van der Waals surface area contributed by atoms with Gasteiger partial charge in [0.25, 0.3) is 5.91 Å². The van der Waals surface area contributed by atoms with Crippen molar-refractivity contribution in [3.05, 3.63) is 58.6 Å². The molecule has 2 aromatic rings. The van der Waals surface area contributed by atoms with Gasteiger partial charge in [0.1, 0.15) is 19.3 Å². The molecule has 1 fully saturated rings. The van der Waals surface area contributed by atoms with Gasteiger partial charge in [-0.05, 0) is 36.1 Å². The minimum Gasteiger partial charge on any atom is -0.486 e. The van der Waals surface area contributed by atoms with Crippen LogP contribution < -0.4 is 14.8 Å². The molecule has 0 aliphatic carbocycles. The van der Waals surface area contributed by atoms with E-state index in [1.54, 1.807) is 12.1 Å². The van der Waals surface area contributed by atoms with Crippen molar-refractivity contribution in [3.8, 4) is 11.5 Å². The second-order valence-electron chi connectivity index (χ2n) is 6.55. The van der Waals surface area contributed by atoms with E-state index in [1.807, 2.05) is 30.3 Å². The molecule has 0 spiro atoms. The van der Waals surface area contributed by atoms with E-state index in [0.717, 1.165) is 17.5 Å². The van der Waals surface area contributed by atoms with Crippen molar-refractivity contribution in [1.82, 2.24) is 10.2 Å². The summed E-state index contributed by atoms with van der Waals surface area (Å²) < 4.78 is 11.1. The maximum Gasteiger partial charge on any atom is 0.325 e. The molecule has 6 nitrogen and oxygen atoms in total. The molecule has 2 heterocycles. The van der Waals surface area contributed by atoms with Crippen LogP contribution in [-0.4, -0.2) is 36.1 Å². The molecule has 1 saturated heterocycles. The number of carbonyl (C=O) groups is 2. The predicted octanol–water partition coefficient (Wildman–Crippen LogP) is 3.16. The number of benzene rings is 2. The van der Waals surface area contributed by atoms with Crippen molar-refractivity contribution >= 4 is 23.5 Å². The molecular formula is C20H19ClN2O4. The Morgan fingerprint density at radius 2 is 1.85 bits per heavy atom. The van der Waals surface area contributed by atoms with Crippen molar-refractivity contribution in [2.45, 2.75) is 25.4 Å². The van der Waals surface area contributed by atoms with E-state index in [0.29, 0.717) is 36.2 Å². The second kappa shape index (κ2) is 7.48. The van der Waals surface area contributed by atoms with E-state index in [2.05, 4.69) is 5.32 Å². The normalized spacial score (nSPS) is 18.6. The second-order valence-corrected chi connectivity index (χ2v) is 6.96. The van der Waals surface area contributed by atoms with Gasteiger partial charge < -0.3 is 14.8 Å². The largest absolute Gasteiger partial charge is 0.486 e. The van der Waals surface area contributed by atoms with Crippen molar-refractivity contribution < 1.29 is 19.1 Å². The molecule has 1 N–H and O–H groups in total. The van der Waals surface area contributed by atoms with Gasteiger partial charge in [-0.3, -0.25) is 9.69 Å². The Hall–Kier alpha value is -2.73. The third kappa shape index (κ3) is 3.71. The molecule has 4 rings (SSSR count). The van der Waals surface area contributed by atoms with Crippen LogP contribution in [-0.2, 0) is 17.8 Å². The lowest BCUT2D eigenvalue weighted by Gasteiger charge is -2.21. The number of fused-ring (bicyclic) bond motifs is 1. The number of urea groups is 1. The van der Waals surface area contributed by atoms with Crippen LogP contribution in [0.4, 0.5) is 4.79 Å². The first-order chi connectivity index (χ1) is 13.1. The molecule has 1 unspecified atom stereocenters. The smallest absolute Gasteiger partial charge is 0.325 e. The summed E-state index contributed by atoms with van der Waals surface area (Å²) in [5.74, 6) is 0.822. The first-order valence-electron chi connectivity index (χ1n) is 8.85. The van der Waals surface area contributed by atoms with E-state index in [4.69, 9.17) is 21.1 Å². The van der Waals surface area contributed by atoms with Crippen molar-refractivity contribution in [3.63, 3.8) is 0 Å². The topological polar surface area (TPSA) is 67.9 Å². The fraction of sp³-hybridized carbons (Fsp3) is 0.300. The van der Waals surface area contributed by atoms with Crippen LogP contribution in [0, 0.1) is 0 Å². The van der Waals surface area contributed by atoms with Gasteiger partial charge in [0.2, 0.25) is 0 Å². The van der Waals surface area contributed by atoms with Crippen LogP contribution >= 0.6 is 11.6 Å². The molecule has 140 valence electrons. The van der Waals surface area contributed by atoms with Crippen molar-refractivity contribution in [1.29, 1.82) is 0 Å². The maximum atomic E-state index is 12.7. The van der Waals surface area contributed by atoms with Gasteiger partial charge in [-0.2, -0.15) is 0 Å². The zero-order valence-corrected chi connectivity index (χ0v) is 15.4. The monoisotopic (exact) mass is 386 g/mol. The Bertz CT molecular complexity index is 872. The van der Waals surface area contributed by atoms with Gasteiger partial charge in [0, 0.05) is 0 Å². The number of nitrogens with one attached hydrogen (secondary N) is 1. The van der Waals surface area contributed by atoms with Crippen molar-refractivity contribution in [2.75, 3.05) is 13.2 Å². The average Bonchev–Trinajstić information content (AvgIpc) is 2.95. The number of nitrogens with zero attached hydrogens (tertiary/aromatic N) is 1. The number of rotatable bonds is 5. The molecule has 27 heavy (non-hydrogen) atoms. The van der Waals surface area contributed by atoms with Crippen LogP contribution in [0.3, 0.4) is 0 Å². The Kier molecular flexibility index (Phi) is 4.90. The summed E-state index contributed by atoms with van der Waals surface area (Å²) in [7, 11) is 0. The number of hydrogen-bond acceptors (Lipinski definition) is 4. The van der Waals surface area contributed by atoms with Crippen LogP contribution in [0.15, 0.2) is 42.5 Å².